The van der Waals surface area contributed by atoms with E-state index in [4.69, 9.17) is 0 Å². The van der Waals surface area contributed by atoms with E-state index in [9.17, 15) is 0 Å². The summed E-state index contributed by atoms with van der Waals surface area (Å²) in [5.41, 5.74) is 0.980. The Balaban J connectivity index is 1.71. The molecule has 0 radical (unpaired) electrons. The lowest BCUT2D eigenvalue weighted by Gasteiger charge is -2.07. The highest BCUT2D eigenvalue weighted by Crippen LogP contribution is 2.48. The minimum absolute atomic E-state index is 0.980. The van der Waals surface area contributed by atoms with Crippen LogP contribution < -0.4 is 0 Å². The lowest BCUT2D eigenvalue weighted by atomic mass is 9.99. The van der Waals surface area contributed by atoms with E-state index in [2.05, 4.69) is 16.2 Å². The summed E-state index contributed by atoms with van der Waals surface area (Å²) in [5.74, 6) is 3.23. The zero-order chi connectivity index (χ0) is 7.14. The van der Waals surface area contributed by atoms with Crippen molar-refractivity contribution in [2.24, 2.45) is 17.8 Å². The molecule has 0 saturated heterocycles. The predicted molar refractivity (Wildman–Crippen MR) is 48.1 cm³/mol. The molecule has 0 aromatic heterocycles. The first-order chi connectivity index (χ1) is 4.77. The highest BCUT2D eigenvalue weighted by atomic mass is 31.0. The molecule has 0 N–H and O–H groups in total. The number of hydrogen-bond donors (Lipinski definition) is 0. The Morgan fingerprint density at radius 2 is 2.10 bits per heavy atom. The molecule has 2 aliphatic rings. The van der Waals surface area contributed by atoms with Crippen LogP contribution in [0.4, 0.5) is 0 Å². The first-order valence-electron chi connectivity index (χ1n) is 4.53. The largest absolute Gasteiger partial charge is 0.134 e. The van der Waals surface area contributed by atoms with Gasteiger partial charge in [-0.05, 0) is 36.3 Å². The zero-order valence-corrected chi connectivity index (χ0v) is 7.87. The molecule has 0 nitrogen and oxygen atoms in total. The van der Waals surface area contributed by atoms with E-state index < -0.39 is 0 Å². The maximum absolute atomic E-state index is 2.96. The molecule has 2 rings (SSSR count). The van der Waals surface area contributed by atoms with Crippen molar-refractivity contribution in [3.05, 3.63) is 0 Å². The first kappa shape index (κ1) is 7.10. The lowest BCUT2D eigenvalue weighted by molar-refractivity contribution is 0.443. The van der Waals surface area contributed by atoms with Crippen LogP contribution in [0.15, 0.2) is 0 Å². The third-order valence-electron chi connectivity index (χ3n) is 3.02. The second-order valence-electron chi connectivity index (χ2n) is 4.22. The van der Waals surface area contributed by atoms with E-state index >= 15 is 0 Å². The van der Waals surface area contributed by atoms with Crippen LogP contribution in [0.2, 0.25) is 0 Å². The number of hydrogen-bond acceptors (Lipinski definition) is 0. The molecule has 0 heterocycles. The summed E-state index contributed by atoms with van der Waals surface area (Å²) >= 11 is 0. The van der Waals surface area contributed by atoms with Gasteiger partial charge in [0.05, 0.1) is 0 Å². The quantitative estimate of drug-likeness (QED) is 0.551. The zero-order valence-electron chi connectivity index (χ0n) is 6.72. The van der Waals surface area contributed by atoms with Crippen molar-refractivity contribution in [1.29, 1.82) is 0 Å². The molecule has 0 aromatic rings. The fraction of sp³-hybridized carbons (Fsp3) is 1.00. The molecule has 2 aliphatic carbocycles. The molecule has 0 bridgehead atoms. The molecule has 2 fully saturated rings. The van der Waals surface area contributed by atoms with Gasteiger partial charge in [-0.2, -0.15) is 0 Å². The maximum atomic E-state index is 2.96. The summed E-state index contributed by atoms with van der Waals surface area (Å²) in [7, 11) is 2.96. The SMILES string of the molecule is CC(CC1CC1)C1CC1P. The van der Waals surface area contributed by atoms with Crippen LogP contribution >= 0.6 is 9.24 Å². The Morgan fingerprint density at radius 3 is 2.50 bits per heavy atom. The third-order valence-corrected chi connectivity index (χ3v) is 3.79. The molecule has 0 aromatic carbocycles. The summed E-state index contributed by atoms with van der Waals surface area (Å²) < 4.78 is 0. The molecule has 4 unspecified atom stereocenters. The van der Waals surface area contributed by atoms with E-state index in [1.54, 1.807) is 0 Å². The van der Waals surface area contributed by atoms with Crippen molar-refractivity contribution in [2.45, 2.75) is 38.3 Å². The standard InChI is InChI=1S/C9H17P/c1-6(4-7-2-3-7)8-5-9(8)10/h6-9H,2-5,10H2,1H3. The van der Waals surface area contributed by atoms with Crippen LogP contribution in [-0.4, -0.2) is 5.66 Å². The molecule has 10 heavy (non-hydrogen) atoms. The second kappa shape index (κ2) is 2.48. The highest BCUT2D eigenvalue weighted by Gasteiger charge is 2.39. The van der Waals surface area contributed by atoms with Crippen molar-refractivity contribution in [1.82, 2.24) is 0 Å². The molecule has 0 spiro atoms. The van der Waals surface area contributed by atoms with Crippen molar-refractivity contribution < 1.29 is 0 Å². The van der Waals surface area contributed by atoms with Crippen LogP contribution in [0.25, 0.3) is 0 Å². The second-order valence-corrected chi connectivity index (χ2v) is 5.08. The Kier molecular flexibility index (Phi) is 1.76. The average Bonchev–Trinajstić information content (AvgIpc) is 2.66. The van der Waals surface area contributed by atoms with E-state index in [0.29, 0.717) is 0 Å². The van der Waals surface area contributed by atoms with Gasteiger partial charge in [0.1, 0.15) is 0 Å². The summed E-state index contributed by atoms with van der Waals surface area (Å²) in [4.78, 5) is 0. The molecular weight excluding hydrogens is 139 g/mol. The molecule has 1 heteroatoms. The molecule has 58 valence electrons. The van der Waals surface area contributed by atoms with E-state index in [1.165, 1.54) is 25.7 Å². The van der Waals surface area contributed by atoms with Gasteiger partial charge in [-0.25, -0.2) is 0 Å². The van der Waals surface area contributed by atoms with Crippen molar-refractivity contribution in [3.63, 3.8) is 0 Å². The summed E-state index contributed by atoms with van der Waals surface area (Å²) in [6.45, 7) is 2.44. The maximum Gasteiger partial charge on any atom is -0.0230 e. The van der Waals surface area contributed by atoms with Crippen LogP contribution in [0, 0.1) is 17.8 Å². The van der Waals surface area contributed by atoms with Gasteiger partial charge in [0.2, 0.25) is 0 Å². The van der Waals surface area contributed by atoms with Crippen molar-refractivity contribution in [3.8, 4) is 0 Å². The summed E-state index contributed by atoms with van der Waals surface area (Å²) in [6.07, 6.45) is 6.06. The Morgan fingerprint density at radius 1 is 1.50 bits per heavy atom. The van der Waals surface area contributed by atoms with Crippen LogP contribution in [0.1, 0.15) is 32.6 Å². The minimum Gasteiger partial charge on any atom is -0.134 e. The minimum atomic E-state index is 0.980. The summed E-state index contributed by atoms with van der Waals surface area (Å²) in [5, 5.41) is 0. The molecule has 2 saturated carbocycles. The first-order valence-corrected chi connectivity index (χ1v) is 5.19. The van der Waals surface area contributed by atoms with E-state index in [1.807, 2.05) is 0 Å². The van der Waals surface area contributed by atoms with Gasteiger partial charge in [0, 0.05) is 0 Å². The van der Waals surface area contributed by atoms with Gasteiger partial charge in [-0.15, -0.1) is 9.24 Å². The summed E-state index contributed by atoms with van der Waals surface area (Å²) in [6, 6.07) is 0. The lowest BCUT2D eigenvalue weighted by Crippen LogP contribution is -1.99. The molecule has 4 atom stereocenters. The van der Waals surface area contributed by atoms with Crippen molar-refractivity contribution in [2.75, 3.05) is 0 Å². The molecule has 0 aliphatic heterocycles. The van der Waals surface area contributed by atoms with Gasteiger partial charge in [-0.3, -0.25) is 0 Å². The number of rotatable bonds is 3. The predicted octanol–water partition coefficient (Wildman–Crippen LogP) is 2.69. The average molecular weight is 156 g/mol. The molecular formula is C9H17P. The van der Waals surface area contributed by atoms with Gasteiger partial charge in [-0.1, -0.05) is 19.8 Å². The third kappa shape index (κ3) is 1.53. The van der Waals surface area contributed by atoms with Gasteiger partial charge in [0.15, 0.2) is 0 Å². The topological polar surface area (TPSA) is 0 Å². The van der Waals surface area contributed by atoms with Crippen LogP contribution in [-0.2, 0) is 0 Å². The van der Waals surface area contributed by atoms with Crippen LogP contribution in [0.3, 0.4) is 0 Å². The van der Waals surface area contributed by atoms with E-state index in [-0.39, 0.29) is 0 Å². The Bertz CT molecular complexity index is 129. The van der Waals surface area contributed by atoms with Gasteiger partial charge in [0.25, 0.3) is 0 Å². The van der Waals surface area contributed by atoms with E-state index in [0.717, 1.165) is 23.4 Å². The van der Waals surface area contributed by atoms with Crippen LogP contribution in [0.5, 0.6) is 0 Å². The van der Waals surface area contributed by atoms with Gasteiger partial charge < -0.3 is 0 Å². The Hall–Kier alpha value is 0.430. The van der Waals surface area contributed by atoms with Crippen molar-refractivity contribution >= 4 is 9.24 Å². The normalized spacial score (nSPS) is 41.4. The highest BCUT2D eigenvalue weighted by molar-refractivity contribution is 7.18. The monoisotopic (exact) mass is 156 g/mol. The Labute approximate surface area is 66.0 Å². The smallest absolute Gasteiger partial charge is 0.0230 e. The fourth-order valence-electron chi connectivity index (χ4n) is 1.94. The fourth-order valence-corrected chi connectivity index (χ4v) is 2.64. The van der Waals surface area contributed by atoms with Gasteiger partial charge >= 0.3 is 0 Å². The molecule has 0 amide bonds.